The lowest BCUT2D eigenvalue weighted by molar-refractivity contribution is -0.425. The third-order valence-electron chi connectivity index (χ3n) is 3.61. The minimum atomic E-state index is -3.91. The third kappa shape index (κ3) is 4.69. The smallest absolute Gasteiger partial charge is 0.596 e. The first-order valence-corrected chi connectivity index (χ1v) is 7.67. The normalized spacial score (nSPS) is 18.6. The Hall–Kier alpha value is -1.65. The van der Waals surface area contributed by atoms with E-state index in [-0.39, 0.29) is 6.54 Å². The highest BCUT2D eigenvalue weighted by Crippen LogP contribution is 2.22. The van der Waals surface area contributed by atoms with Crippen LogP contribution in [0.15, 0.2) is 42.2 Å². The van der Waals surface area contributed by atoms with E-state index >= 15 is 0 Å². The molecule has 2 nitrogen and oxygen atoms in total. The molecule has 21 heavy (non-hydrogen) atoms. The lowest BCUT2D eigenvalue weighted by Gasteiger charge is -2.15. The van der Waals surface area contributed by atoms with Crippen LogP contribution in [0.4, 0.5) is 8.63 Å². The van der Waals surface area contributed by atoms with Gasteiger partial charge in [0.1, 0.15) is 12.3 Å². The third-order valence-corrected chi connectivity index (χ3v) is 3.61. The molecule has 1 aliphatic rings. The van der Waals surface area contributed by atoms with Crippen LogP contribution in [0.3, 0.4) is 0 Å². The summed E-state index contributed by atoms with van der Waals surface area (Å²) in [5.74, 6) is 0.309. The van der Waals surface area contributed by atoms with Gasteiger partial charge in [0.05, 0.1) is 0 Å². The maximum absolute atomic E-state index is 13.8. The average molecular weight is 293 g/mol. The van der Waals surface area contributed by atoms with Crippen LogP contribution in [0.25, 0.3) is 0 Å². The van der Waals surface area contributed by atoms with Gasteiger partial charge in [-0.25, -0.2) is 0 Å². The number of hydrogen-bond donors (Lipinski definition) is 0. The van der Waals surface area contributed by atoms with E-state index in [4.69, 9.17) is 4.65 Å². The van der Waals surface area contributed by atoms with Crippen molar-refractivity contribution in [2.24, 2.45) is 0 Å². The highest BCUT2D eigenvalue weighted by atomic mass is 19.3. The summed E-state index contributed by atoms with van der Waals surface area (Å²) < 4.78 is 33.5. The Morgan fingerprint density at radius 2 is 1.95 bits per heavy atom. The second kappa shape index (κ2) is 7.39. The number of hydrogen-bond acceptors (Lipinski definition) is 1. The Bertz CT molecular complexity index is 514. The molecule has 0 radical (unpaired) electrons. The van der Waals surface area contributed by atoms with Gasteiger partial charge in [-0.3, -0.25) is 0 Å². The quantitative estimate of drug-likeness (QED) is 0.542. The number of rotatable bonds is 7. The highest BCUT2D eigenvalue weighted by Gasteiger charge is 2.50. The van der Waals surface area contributed by atoms with Crippen molar-refractivity contribution in [2.45, 2.75) is 39.0 Å². The van der Waals surface area contributed by atoms with Crippen molar-refractivity contribution in [2.75, 3.05) is 6.54 Å². The molecule has 0 saturated carbocycles. The van der Waals surface area contributed by atoms with Crippen molar-refractivity contribution in [1.29, 1.82) is 0 Å². The van der Waals surface area contributed by atoms with Crippen molar-refractivity contribution < 1.29 is 17.8 Å². The standard InChI is InChI=1S/C16H22BF2NO/c1-2-3-4-8-11-16-14-20(17(18,19)21-16)13-12-15-9-6-5-7-10-15/h5-7,9-11,14H,2-4,8,12-13H2,1H3/b16-11-. The topological polar surface area (TPSA) is 12.2 Å². The summed E-state index contributed by atoms with van der Waals surface area (Å²) in [6, 6.07) is 9.65. The molecular formula is C16H22BF2NO. The molecule has 0 saturated heterocycles. The van der Waals surface area contributed by atoms with Crippen molar-refractivity contribution >= 4 is 13.3 Å². The Morgan fingerprint density at radius 3 is 2.67 bits per heavy atom. The zero-order valence-corrected chi connectivity index (χ0v) is 12.5. The largest absolute Gasteiger partial charge is 0.828 e. The number of allylic oxidation sites excluding steroid dienone is 2. The summed E-state index contributed by atoms with van der Waals surface area (Å²) in [5, 5.41) is 0. The average Bonchev–Trinajstić information content (AvgIpc) is 2.77. The second-order valence-corrected chi connectivity index (χ2v) is 5.38. The molecule has 0 unspecified atom stereocenters. The van der Waals surface area contributed by atoms with Crippen LogP contribution in [0.2, 0.25) is 0 Å². The molecule has 0 atom stereocenters. The van der Waals surface area contributed by atoms with Crippen LogP contribution in [0, 0.1) is 0 Å². The fourth-order valence-electron chi connectivity index (χ4n) is 2.37. The fraction of sp³-hybridized carbons (Fsp3) is 0.438. The molecule has 2 rings (SSSR count). The Labute approximate surface area is 125 Å². The van der Waals surface area contributed by atoms with E-state index in [1.54, 1.807) is 6.08 Å². The molecule has 0 aromatic heterocycles. The molecule has 1 heterocycles. The van der Waals surface area contributed by atoms with Crippen LogP contribution >= 0.6 is 0 Å². The molecule has 5 heteroatoms. The maximum atomic E-state index is 13.8. The predicted octanol–water partition coefficient (Wildman–Crippen LogP) is 4.18. The van der Waals surface area contributed by atoms with Gasteiger partial charge in [-0.15, -0.1) is 0 Å². The van der Waals surface area contributed by atoms with Gasteiger partial charge in [-0.1, -0.05) is 50.1 Å². The summed E-state index contributed by atoms with van der Waals surface area (Å²) in [6.07, 6.45) is 7.85. The van der Waals surface area contributed by atoms with Gasteiger partial charge in [-0.05, 0) is 24.5 Å². The maximum Gasteiger partial charge on any atom is 0.828 e. The van der Waals surface area contributed by atoms with Crippen LogP contribution < -0.4 is 0 Å². The number of halogens is 2. The van der Waals surface area contributed by atoms with Crippen LogP contribution in [0.5, 0.6) is 0 Å². The summed E-state index contributed by atoms with van der Waals surface area (Å²) in [4.78, 5) is 0. The molecule has 0 aliphatic carbocycles. The molecule has 1 aliphatic heterocycles. The molecule has 1 aromatic carbocycles. The first-order chi connectivity index (χ1) is 10.1. The van der Waals surface area contributed by atoms with Gasteiger partial charge in [0.2, 0.25) is 0 Å². The minimum Gasteiger partial charge on any atom is -0.596 e. The van der Waals surface area contributed by atoms with E-state index in [1.165, 1.54) is 6.21 Å². The molecule has 0 bridgehead atoms. The van der Waals surface area contributed by atoms with Crippen molar-refractivity contribution in [3.63, 3.8) is 0 Å². The van der Waals surface area contributed by atoms with E-state index in [0.717, 1.165) is 35.7 Å². The summed E-state index contributed by atoms with van der Waals surface area (Å²) in [7, 11) is -3.91. The van der Waals surface area contributed by atoms with E-state index in [1.807, 2.05) is 30.3 Å². The predicted molar refractivity (Wildman–Crippen MR) is 82.6 cm³/mol. The van der Waals surface area contributed by atoms with E-state index in [2.05, 4.69) is 6.92 Å². The van der Waals surface area contributed by atoms with Crippen molar-refractivity contribution in [3.05, 3.63) is 47.7 Å². The monoisotopic (exact) mass is 293 g/mol. The van der Waals surface area contributed by atoms with Gasteiger partial charge in [0, 0.05) is 6.42 Å². The zero-order valence-electron chi connectivity index (χ0n) is 12.5. The van der Waals surface area contributed by atoms with Crippen molar-refractivity contribution in [3.8, 4) is 0 Å². The van der Waals surface area contributed by atoms with Gasteiger partial charge in [0.15, 0.2) is 6.21 Å². The minimum absolute atomic E-state index is 0.267. The summed E-state index contributed by atoms with van der Waals surface area (Å²) in [6.45, 7) is 2.39. The van der Waals surface area contributed by atoms with Gasteiger partial charge in [0.25, 0.3) is 0 Å². The van der Waals surface area contributed by atoms with Crippen molar-refractivity contribution in [1.82, 2.24) is 0 Å². The first-order valence-electron chi connectivity index (χ1n) is 7.67. The second-order valence-electron chi connectivity index (χ2n) is 5.38. The molecule has 0 spiro atoms. The van der Waals surface area contributed by atoms with E-state index in [9.17, 15) is 8.63 Å². The molecular weight excluding hydrogens is 271 g/mol. The lowest BCUT2D eigenvalue weighted by atomic mass is 10.0. The Kier molecular flexibility index (Phi) is 5.54. The SMILES string of the molecule is CCCCC/C=C1/C=[N+](CCc2ccccc2)[B-](F)(F)O1. The lowest BCUT2D eigenvalue weighted by Crippen LogP contribution is -2.38. The molecule has 0 N–H and O–H groups in total. The summed E-state index contributed by atoms with van der Waals surface area (Å²) >= 11 is 0. The van der Waals surface area contributed by atoms with Gasteiger partial charge in [-0.2, -0.15) is 0 Å². The zero-order chi connectivity index (χ0) is 15.1. The van der Waals surface area contributed by atoms with Crippen LogP contribution in [0.1, 0.15) is 38.2 Å². The molecule has 114 valence electrons. The van der Waals surface area contributed by atoms with Crippen LogP contribution in [-0.2, 0) is 11.1 Å². The van der Waals surface area contributed by atoms with E-state index in [0.29, 0.717) is 12.2 Å². The Morgan fingerprint density at radius 1 is 1.19 bits per heavy atom. The van der Waals surface area contributed by atoms with Gasteiger partial charge >= 0.3 is 7.04 Å². The molecule has 1 aromatic rings. The van der Waals surface area contributed by atoms with E-state index < -0.39 is 7.04 Å². The molecule has 0 amide bonds. The van der Waals surface area contributed by atoms with Gasteiger partial charge < -0.3 is 17.8 Å². The van der Waals surface area contributed by atoms with Crippen LogP contribution in [-0.4, -0.2) is 24.3 Å². The number of nitrogens with zero attached hydrogens (tertiary/aromatic N) is 1. The first kappa shape index (κ1) is 15.7. The molecule has 0 fully saturated rings. The fourth-order valence-corrected chi connectivity index (χ4v) is 2.37. The summed E-state index contributed by atoms with van der Waals surface area (Å²) in [5.41, 5.74) is 1.05. The Balaban J connectivity index is 1.93. The highest BCUT2D eigenvalue weighted by molar-refractivity contribution is 6.52. The number of benzene rings is 1. The number of unbranched alkanes of at least 4 members (excludes halogenated alkanes) is 3.